The highest BCUT2D eigenvalue weighted by atomic mass is 79.9. The van der Waals surface area contributed by atoms with Crippen LogP contribution in [-0.2, 0) is 6.54 Å². The number of rotatable bonds is 3. The highest BCUT2D eigenvalue weighted by molar-refractivity contribution is 9.10. The summed E-state index contributed by atoms with van der Waals surface area (Å²) in [6.45, 7) is 0.703. The van der Waals surface area contributed by atoms with Gasteiger partial charge in [0.15, 0.2) is 0 Å². The van der Waals surface area contributed by atoms with Gasteiger partial charge >= 0.3 is 0 Å². The third-order valence-electron chi connectivity index (χ3n) is 2.12. The number of benzene rings is 1. The molecule has 0 spiro atoms. The molecule has 2 nitrogen and oxygen atoms in total. The summed E-state index contributed by atoms with van der Waals surface area (Å²) in [6.07, 6.45) is 1.79. The van der Waals surface area contributed by atoms with Gasteiger partial charge in [0.2, 0.25) is 0 Å². The first kappa shape index (κ1) is 11.4. The Morgan fingerprint density at radius 2 is 2.12 bits per heavy atom. The van der Waals surface area contributed by atoms with Crippen LogP contribution in [0.5, 0.6) is 0 Å². The zero-order valence-corrected chi connectivity index (χ0v) is 10.8. The van der Waals surface area contributed by atoms with Gasteiger partial charge in [0.25, 0.3) is 0 Å². The molecule has 1 heterocycles. The van der Waals surface area contributed by atoms with Gasteiger partial charge < -0.3 is 5.32 Å². The van der Waals surface area contributed by atoms with Crippen LogP contribution in [0, 0.1) is 0 Å². The van der Waals surface area contributed by atoms with Crippen LogP contribution in [0.15, 0.2) is 47.1 Å². The molecule has 0 aliphatic rings. The average molecular weight is 298 g/mol. The topological polar surface area (TPSA) is 24.9 Å². The molecule has 0 unspecified atom stereocenters. The first-order chi connectivity index (χ1) is 7.75. The number of hydrogen-bond donors (Lipinski definition) is 1. The van der Waals surface area contributed by atoms with Crippen LogP contribution in [0.1, 0.15) is 5.69 Å². The van der Waals surface area contributed by atoms with E-state index in [1.165, 1.54) is 0 Å². The second kappa shape index (κ2) is 5.32. The van der Waals surface area contributed by atoms with Crippen molar-refractivity contribution in [3.8, 4) is 0 Å². The summed E-state index contributed by atoms with van der Waals surface area (Å²) in [6, 6.07) is 11.6. The highest BCUT2D eigenvalue weighted by Gasteiger charge is 1.99. The largest absolute Gasteiger partial charge is 0.379 e. The molecule has 4 heteroatoms. The number of anilines is 1. The molecule has 2 aromatic rings. The molecule has 1 aromatic carbocycles. The van der Waals surface area contributed by atoms with Crippen LogP contribution in [0.2, 0.25) is 5.02 Å². The fourth-order valence-electron chi connectivity index (χ4n) is 1.30. The van der Waals surface area contributed by atoms with Crippen LogP contribution in [0.25, 0.3) is 0 Å². The van der Waals surface area contributed by atoms with Crippen molar-refractivity contribution in [2.75, 3.05) is 5.32 Å². The van der Waals surface area contributed by atoms with Crippen LogP contribution in [-0.4, -0.2) is 4.98 Å². The molecule has 0 aliphatic carbocycles. The van der Waals surface area contributed by atoms with Gasteiger partial charge in [-0.3, -0.25) is 4.98 Å². The number of nitrogens with zero attached hydrogens (tertiary/aromatic N) is 1. The lowest BCUT2D eigenvalue weighted by atomic mass is 10.3. The van der Waals surface area contributed by atoms with Crippen molar-refractivity contribution in [2.24, 2.45) is 0 Å². The van der Waals surface area contributed by atoms with E-state index in [0.29, 0.717) is 11.6 Å². The Bertz CT molecular complexity index is 474. The molecule has 0 saturated heterocycles. The van der Waals surface area contributed by atoms with Crippen LogP contribution in [0.4, 0.5) is 5.69 Å². The molecule has 1 aromatic heterocycles. The van der Waals surface area contributed by atoms with E-state index < -0.39 is 0 Å². The molecule has 0 radical (unpaired) electrons. The average Bonchev–Trinajstić information content (AvgIpc) is 2.32. The Kier molecular flexibility index (Phi) is 3.80. The number of nitrogens with one attached hydrogen (secondary N) is 1. The van der Waals surface area contributed by atoms with Crippen LogP contribution >= 0.6 is 27.5 Å². The van der Waals surface area contributed by atoms with Crippen molar-refractivity contribution < 1.29 is 0 Å². The fraction of sp³-hybridized carbons (Fsp3) is 0.0833. The smallest absolute Gasteiger partial charge is 0.0594 e. The minimum atomic E-state index is 0.703. The number of pyridine rings is 1. The van der Waals surface area contributed by atoms with Gasteiger partial charge in [-0.2, -0.15) is 0 Å². The van der Waals surface area contributed by atoms with E-state index in [1.807, 2.05) is 36.4 Å². The van der Waals surface area contributed by atoms with Crippen molar-refractivity contribution >= 4 is 33.2 Å². The maximum atomic E-state index is 5.91. The maximum absolute atomic E-state index is 5.91. The van der Waals surface area contributed by atoms with Gasteiger partial charge in [0, 0.05) is 16.4 Å². The van der Waals surface area contributed by atoms with Crippen LogP contribution < -0.4 is 5.32 Å². The first-order valence-electron chi connectivity index (χ1n) is 4.84. The molecule has 1 N–H and O–H groups in total. The van der Waals surface area contributed by atoms with Gasteiger partial charge in [0.05, 0.1) is 17.3 Å². The molecule has 0 fully saturated rings. The third kappa shape index (κ3) is 2.97. The molecular formula is C12H10BrClN2. The van der Waals surface area contributed by atoms with Crippen LogP contribution in [0.3, 0.4) is 0 Å². The lowest BCUT2D eigenvalue weighted by molar-refractivity contribution is 1.05. The highest BCUT2D eigenvalue weighted by Crippen LogP contribution is 2.25. The Morgan fingerprint density at radius 1 is 1.25 bits per heavy atom. The summed E-state index contributed by atoms with van der Waals surface area (Å²) in [7, 11) is 0. The standard InChI is InChI=1S/C12H10BrClN2/c13-11-7-9(4-5-12(11)14)16-8-10-3-1-2-6-15-10/h1-7,16H,8H2. The van der Waals surface area contributed by atoms with E-state index >= 15 is 0 Å². The van der Waals surface area contributed by atoms with Crippen molar-refractivity contribution in [1.82, 2.24) is 4.98 Å². The van der Waals surface area contributed by atoms with Gasteiger partial charge in [-0.05, 0) is 46.3 Å². The van der Waals surface area contributed by atoms with E-state index in [-0.39, 0.29) is 0 Å². The minimum Gasteiger partial charge on any atom is -0.379 e. The van der Waals surface area contributed by atoms with Crippen molar-refractivity contribution in [3.05, 3.63) is 57.8 Å². The van der Waals surface area contributed by atoms with E-state index in [1.54, 1.807) is 6.20 Å². The Labute approximate surface area is 108 Å². The lowest BCUT2D eigenvalue weighted by Crippen LogP contribution is -2.00. The fourth-order valence-corrected chi connectivity index (χ4v) is 1.80. The summed E-state index contributed by atoms with van der Waals surface area (Å²) in [5.74, 6) is 0. The molecule has 0 atom stereocenters. The second-order valence-corrected chi connectivity index (χ2v) is 4.57. The maximum Gasteiger partial charge on any atom is 0.0594 e. The normalized spacial score (nSPS) is 10.1. The third-order valence-corrected chi connectivity index (χ3v) is 3.33. The Balaban J connectivity index is 2.03. The van der Waals surface area contributed by atoms with E-state index in [2.05, 4.69) is 26.2 Å². The lowest BCUT2D eigenvalue weighted by Gasteiger charge is -2.06. The SMILES string of the molecule is Clc1ccc(NCc2ccccn2)cc1Br. The Morgan fingerprint density at radius 3 is 2.81 bits per heavy atom. The van der Waals surface area contributed by atoms with Crippen molar-refractivity contribution in [3.63, 3.8) is 0 Å². The summed E-state index contributed by atoms with van der Waals surface area (Å²) in [5, 5.41) is 3.99. The molecule has 16 heavy (non-hydrogen) atoms. The van der Waals surface area contributed by atoms with E-state index in [0.717, 1.165) is 15.9 Å². The molecular weight excluding hydrogens is 288 g/mol. The van der Waals surface area contributed by atoms with Gasteiger partial charge in [-0.1, -0.05) is 17.7 Å². The molecule has 0 aliphatic heterocycles. The molecule has 2 rings (SSSR count). The summed E-state index contributed by atoms with van der Waals surface area (Å²) in [4.78, 5) is 4.23. The van der Waals surface area contributed by atoms with E-state index in [9.17, 15) is 0 Å². The zero-order valence-electron chi connectivity index (χ0n) is 8.45. The van der Waals surface area contributed by atoms with Crippen molar-refractivity contribution in [1.29, 1.82) is 0 Å². The molecule has 82 valence electrons. The minimum absolute atomic E-state index is 0.703. The first-order valence-corrected chi connectivity index (χ1v) is 6.01. The summed E-state index contributed by atoms with van der Waals surface area (Å²) >= 11 is 9.30. The number of hydrogen-bond acceptors (Lipinski definition) is 2. The van der Waals surface area contributed by atoms with Gasteiger partial charge in [-0.15, -0.1) is 0 Å². The zero-order chi connectivity index (χ0) is 11.4. The van der Waals surface area contributed by atoms with Crippen molar-refractivity contribution in [2.45, 2.75) is 6.54 Å². The number of aromatic nitrogens is 1. The quantitative estimate of drug-likeness (QED) is 0.922. The predicted octanol–water partition coefficient (Wildman–Crippen LogP) is 4.11. The Hall–Kier alpha value is -1.06. The number of halogens is 2. The van der Waals surface area contributed by atoms with Gasteiger partial charge in [0.1, 0.15) is 0 Å². The van der Waals surface area contributed by atoms with E-state index in [4.69, 9.17) is 11.6 Å². The second-order valence-electron chi connectivity index (χ2n) is 3.30. The monoisotopic (exact) mass is 296 g/mol. The summed E-state index contributed by atoms with van der Waals surface area (Å²) < 4.78 is 0.889. The molecule has 0 saturated carbocycles. The molecule has 0 amide bonds. The van der Waals surface area contributed by atoms with Gasteiger partial charge in [-0.25, -0.2) is 0 Å². The summed E-state index contributed by atoms with van der Waals surface area (Å²) in [5.41, 5.74) is 2.02. The molecule has 0 bridgehead atoms. The predicted molar refractivity (Wildman–Crippen MR) is 70.7 cm³/mol.